The van der Waals surface area contributed by atoms with E-state index in [0.29, 0.717) is 0 Å². The number of aryl methyl sites for hydroxylation is 1. The average molecular weight is 325 g/mol. The van der Waals surface area contributed by atoms with E-state index in [1.54, 1.807) is 0 Å². The van der Waals surface area contributed by atoms with Gasteiger partial charge >= 0.3 is 5.69 Å². The predicted octanol–water partition coefficient (Wildman–Crippen LogP) is 0.427. The minimum Gasteiger partial charge on any atom is -0.367 e. The molecular weight excluding hydrogens is 306 g/mol. The van der Waals surface area contributed by atoms with Gasteiger partial charge in [-0.1, -0.05) is 0 Å². The van der Waals surface area contributed by atoms with Crippen molar-refractivity contribution < 1.29 is 0 Å². The summed E-state index contributed by atoms with van der Waals surface area (Å²) in [5, 5.41) is 4.35. The molecule has 4 rings (SSSR count). The second-order valence-electron chi connectivity index (χ2n) is 6.01. The van der Waals surface area contributed by atoms with Gasteiger partial charge in [0, 0.05) is 57.1 Å². The lowest BCUT2D eigenvalue weighted by Gasteiger charge is -2.30. The van der Waals surface area contributed by atoms with Crippen molar-refractivity contribution in [1.29, 1.82) is 0 Å². The first-order valence-corrected chi connectivity index (χ1v) is 8.01. The van der Waals surface area contributed by atoms with E-state index in [4.69, 9.17) is 0 Å². The van der Waals surface area contributed by atoms with Gasteiger partial charge < -0.3 is 14.8 Å². The highest BCUT2D eigenvalue weighted by atomic mass is 16.2. The Kier molecular flexibility index (Phi) is 3.50. The lowest BCUT2D eigenvalue weighted by molar-refractivity contribution is 0.590. The third kappa shape index (κ3) is 2.33. The Morgan fingerprint density at radius 1 is 0.958 bits per heavy atom. The van der Waals surface area contributed by atoms with Gasteiger partial charge in [0.15, 0.2) is 0 Å². The molecule has 0 atom stereocenters. The van der Waals surface area contributed by atoms with E-state index in [1.165, 1.54) is 22.5 Å². The standard InChI is InChI=1S/C17H19N5O2/c1-20-8-4-12-13(22-9-5-15(23)19-17(22)24)2-3-14(16(12)20)21-10-6-18-7-11-21/h2-5,8-9,18H,6-7,10-11H2,1H3,(H,19,23,24). The maximum Gasteiger partial charge on any atom is 0.332 e. The van der Waals surface area contributed by atoms with E-state index >= 15 is 0 Å². The maximum absolute atomic E-state index is 12.2. The van der Waals surface area contributed by atoms with Crippen LogP contribution in [0.25, 0.3) is 16.6 Å². The van der Waals surface area contributed by atoms with Crippen LogP contribution in [0.3, 0.4) is 0 Å². The highest BCUT2D eigenvalue weighted by Gasteiger charge is 2.17. The fourth-order valence-electron chi connectivity index (χ4n) is 3.36. The van der Waals surface area contributed by atoms with Crippen molar-refractivity contribution in [1.82, 2.24) is 19.4 Å². The molecule has 7 heteroatoms. The number of nitrogens with zero attached hydrogens (tertiary/aromatic N) is 3. The molecule has 0 aliphatic carbocycles. The van der Waals surface area contributed by atoms with Gasteiger partial charge in [0.25, 0.3) is 5.56 Å². The normalized spacial score (nSPS) is 15.1. The zero-order chi connectivity index (χ0) is 16.7. The number of aromatic nitrogens is 3. The second-order valence-corrected chi connectivity index (χ2v) is 6.01. The number of H-pyrrole nitrogens is 1. The summed E-state index contributed by atoms with van der Waals surface area (Å²) in [5.41, 5.74) is 2.21. The largest absolute Gasteiger partial charge is 0.367 e. The molecule has 2 aromatic heterocycles. The SMILES string of the molecule is Cn1ccc2c(-n3ccc(=O)[nH]c3=O)ccc(N3CCNCC3)c21. The van der Waals surface area contributed by atoms with Crippen molar-refractivity contribution >= 4 is 16.6 Å². The summed E-state index contributed by atoms with van der Waals surface area (Å²) in [7, 11) is 2.01. The smallest absolute Gasteiger partial charge is 0.332 e. The fourth-order valence-corrected chi connectivity index (χ4v) is 3.36. The van der Waals surface area contributed by atoms with Gasteiger partial charge in [-0.05, 0) is 18.2 Å². The predicted molar refractivity (Wildman–Crippen MR) is 94.2 cm³/mol. The lowest BCUT2D eigenvalue weighted by atomic mass is 10.1. The number of benzene rings is 1. The lowest BCUT2D eigenvalue weighted by Crippen LogP contribution is -2.43. The van der Waals surface area contributed by atoms with Crippen LogP contribution < -0.4 is 21.5 Å². The number of aromatic amines is 1. The Morgan fingerprint density at radius 3 is 2.46 bits per heavy atom. The molecular formula is C17H19N5O2. The van der Waals surface area contributed by atoms with Crippen LogP contribution in [0.5, 0.6) is 0 Å². The maximum atomic E-state index is 12.2. The minimum absolute atomic E-state index is 0.391. The summed E-state index contributed by atoms with van der Waals surface area (Å²) in [6.07, 6.45) is 3.52. The van der Waals surface area contributed by atoms with E-state index in [9.17, 15) is 9.59 Å². The topological polar surface area (TPSA) is 75.1 Å². The molecule has 0 bridgehead atoms. The Morgan fingerprint density at radius 2 is 1.71 bits per heavy atom. The summed E-state index contributed by atoms with van der Waals surface area (Å²) >= 11 is 0. The van der Waals surface area contributed by atoms with Crippen molar-refractivity contribution in [2.75, 3.05) is 31.1 Å². The molecule has 7 nitrogen and oxygen atoms in total. The van der Waals surface area contributed by atoms with Gasteiger partial charge in [0.05, 0.1) is 16.9 Å². The molecule has 1 aliphatic heterocycles. The minimum atomic E-state index is -0.428. The molecule has 3 heterocycles. The molecule has 2 N–H and O–H groups in total. The number of hydrogen-bond acceptors (Lipinski definition) is 4. The Hall–Kier alpha value is -2.80. The molecule has 24 heavy (non-hydrogen) atoms. The molecule has 0 spiro atoms. The van der Waals surface area contributed by atoms with Gasteiger partial charge in [-0.2, -0.15) is 0 Å². The summed E-state index contributed by atoms with van der Waals surface area (Å²) < 4.78 is 3.55. The number of nitrogens with one attached hydrogen (secondary N) is 2. The molecule has 0 saturated carbocycles. The third-order valence-corrected chi connectivity index (χ3v) is 4.53. The highest BCUT2D eigenvalue weighted by molar-refractivity contribution is 5.98. The van der Waals surface area contributed by atoms with Crippen LogP contribution in [0.15, 0.2) is 46.2 Å². The van der Waals surface area contributed by atoms with Gasteiger partial charge in [0.1, 0.15) is 0 Å². The summed E-state index contributed by atoms with van der Waals surface area (Å²) in [6.45, 7) is 3.84. The Bertz CT molecular complexity index is 1010. The Balaban J connectivity index is 1.93. The van der Waals surface area contributed by atoms with Gasteiger partial charge in [0.2, 0.25) is 0 Å². The number of fused-ring (bicyclic) bond motifs is 1. The van der Waals surface area contributed by atoms with Crippen molar-refractivity contribution in [3.05, 3.63) is 57.5 Å². The molecule has 1 aliphatic rings. The summed E-state index contributed by atoms with van der Waals surface area (Å²) in [6, 6.07) is 7.37. The van der Waals surface area contributed by atoms with Crippen LogP contribution in [-0.2, 0) is 7.05 Å². The molecule has 0 unspecified atom stereocenters. The number of anilines is 1. The molecule has 124 valence electrons. The van der Waals surface area contributed by atoms with E-state index in [1.807, 2.05) is 25.4 Å². The van der Waals surface area contributed by atoms with Crippen molar-refractivity contribution in [2.24, 2.45) is 7.05 Å². The number of piperazine rings is 1. The summed E-state index contributed by atoms with van der Waals surface area (Å²) in [5.74, 6) is 0. The van der Waals surface area contributed by atoms with Crippen LogP contribution in [0, 0.1) is 0 Å². The molecule has 1 saturated heterocycles. The van der Waals surface area contributed by atoms with Gasteiger partial charge in [-0.25, -0.2) is 4.79 Å². The summed E-state index contributed by atoms with van der Waals surface area (Å²) in [4.78, 5) is 28.1. The molecule has 0 radical (unpaired) electrons. The van der Waals surface area contributed by atoms with Gasteiger partial charge in [-0.3, -0.25) is 14.3 Å². The number of rotatable bonds is 2. The molecule has 1 aromatic carbocycles. The fraction of sp³-hybridized carbons (Fsp3) is 0.294. The van der Waals surface area contributed by atoms with Crippen LogP contribution in [0.1, 0.15) is 0 Å². The quantitative estimate of drug-likeness (QED) is 0.716. The molecule has 3 aromatic rings. The zero-order valence-corrected chi connectivity index (χ0v) is 13.5. The van der Waals surface area contributed by atoms with Crippen LogP contribution in [0.4, 0.5) is 5.69 Å². The van der Waals surface area contributed by atoms with Crippen molar-refractivity contribution in [2.45, 2.75) is 0 Å². The van der Waals surface area contributed by atoms with E-state index in [-0.39, 0.29) is 0 Å². The average Bonchev–Trinajstić information content (AvgIpc) is 2.98. The van der Waals surface area contributed by atoms with Crippen molar-refractivity contribution in [3.8, 4) is 5.69 Å². The van der Waals surface area contributed by atoms with Gasteiger partial charge in [-0.15, -0.1) is 0 Å². The molecule has 0 amide bonds. The monoisotopic (exact) mass is 325 g/mol. The van der Waals surface area contributed by atoms with E-state index in [2.05, 4.69) is 25.8 Å². The van der Waals surface area contributed by atoms with Crippen molar-refractivity contribution in [3.63, 3.8) is 0 Å². The van der Waals surface area contributed by atoms with E-state index in [0.717, 1.165) is 42.8 Å². The second kappa shape index (κ2) is 5.68. The first-order chi connectivity index (χ1) is 11.6. The van der Waals surface area contributed by atoms with E-state index < -0.39 is 11.2 Å². The first kappa shape index (κ1) is 14.8. The van der Waals surface area contributed by atoms with Crippen LogP contribution in [-0.4, -0.2) is 40.3 Å². The van der Waals surface area contributed by atoms with Crippen LogP contribution in [0.2, 0.25) is 0 Å². The zero-order valence-electron chi connectivity index (χ0n) is 13.5. The first-order valence-electron chi connectivity index (χ1n) is 8.01. The third-order valence-electron chi connectivity index (χ3n) is 4.53. The highest BCUT2D eigenvalue weighted by Crippen LogP contribution is 2.31. The van der Waals surface area contributed by atoms with Crippen LogP contribution >= 0.6 is 0 Å². The number of hydrogen-bond donors (Lipinski definition) is 2. The molecule has 1 fully saturated rings. The Labute approximate surface area is 138 Å².